The molecule has 1 amide bonds. The Labute approximate surface area is 172 Å². The van der Waals surface area contributed by atoms with E-state index >= 15 is 0 Å². The fraction of sp³-hybridized carbons (Fsp3) is 0.130. The van der Waals surface area contributed by atoms with E-state index in [1.54, 1.807) is 24.3 Å². The summed E-state index contributed by atoms with van der Waals surface area (Å²) >= 11 is 0. The lowest BCUT2D eigenvalue weighted by atomic mass is 10.1. The van der Waals surface area contributed by atoms with Crippen LogP contribution in [0.15, 0.2) is 60.7 Å². The number of hydrogen-bond acceptors (Lipinski definition) is 4. The fourth-order valence-electron chi connectivity index (χ4n) is 2.80. The smallest absolute Gasteiger partial charge is 0.340 e. The van der Waals surface area contributed by atoms with Crippen LogP contribution >= 0.6 is 0 Å². The van der Waals surface area contributed by atoms with Crippen molar-refractivity contribution in [3.05, 3.63) is 89.0 Å². The standard InChI is InChI=1S/C23H20F2N2O3/c1-14-7-5-12-19(15(14)2)26-20-11-4-3-8-16(20)23(29)30-13-21(28)27-22-17(24)9-6-10-18(22)25/h3-12,26H,13H2,1-2H3,(H,27,28). The molecule has 0 aromatic heterocycles. The average Bonchev–Trinajstić information content (AvgIpc) is 2.73. The van der Waals surface area contributed by atoms with E-state index in [-0.39, 0.29) is 5.56 Å². The Morgan fingerprint density at radius 2 is 1.50 bits per heavy atom. The van der Waals surface area contributed by atoms with Gasteiger partial charge >= 0.3 is 5.97 Å². The number of ether oxygens (including phenoxy) is 1. The van der Waals surface area contributed by atoms with Crippen LogP contribution in [0, 0.1) is 25.5 Å². The van der Waals surface area contributed by atoms with E-state index in [4.69, 9.17) is 4.74 Å². The molecule has 0 unspecified atom stereocenters. The maximum absolute atomic E-state index is 13.6. The topological polar surface area (TPSA) is 67.4 Å². The summed E-state index contributed by atoms with van der Waals surface area (Å²) in [6.45, 7) is 3.26. The van der Waals surface area contributed by atoms with Crippen LogP contribution in [0.3, 0.4) is 0 Å². The molecule has 5 nitrogen and oxygen atoms in total. The van der Waals surface area contributed by atoms with Gasteiger partial charge in [0, 0.05) is 5.69 Å². The molecule has 2 N–H and O–H groups in total. The number of nitrogens with one attached hydrogen (secondary N) is 2. The van der Waals surface area contributed by atoms with Crippen molar-refractivity contribution in [2.75, 3.05) is 17.2 Å². The van der Waals surface area contributed by atoms with Gasteiger partial charge in [0.25, 0.3) is 5.91 Å². The summed E-state index contributed by atoms with van der Waals surface area (Å²) in [5.74, 6) is -3.43. The number of carbonyl (C=O) groups is 2. The Bertz CT molecular complexity index is 1080. The van der Waals surface area contributed by atoms with Crippen LogP contribution in [0.2, 0.25) is 0 Å². The quantitative estimate of drug-likeness (QED) is 0.554. The average molecular weight is 410 g/mol. The van der Waals surface area contributed by atoms with Crippen LogP contribution in [0.25, 0.3) is 0 Å². The minimum absolute atomic E-state index is 0.225. The van der Waals surface area contributed by atoms with Gasteiger partial charge in [0.2, 0.25) is 0 Å². The van der Waals surface area contributed by atoms with Crippen molar-refractivity contribution in [3.63, 3.8) is 0 Å². The third-order valence-electron chi connectivity index (χ3n) is 4.58. The first-order valence-corrected chi connectivity index (χ1v) is 9.20. The van der Waals surface area contributed by atoms with Crippen molar-refractivity contribution in [2.45, 2.75) is 13.8 Å². The highest BCUT2D eigenvalue weighted by Crippen LogP contribution is 2.26. The zero-order chi connectivity index (χ0) is 21.7. The minimum Gasteiger partial charge on any atom is -0.452 e. The highest BCUT2D eigenvalue weighted by Gasteiger charge is 2.17. The maximum atomic E-state index is 13.6. The van der Waals surface area contributed by atoms with Crippen LogP contribution in [0.1, 0.15) is 21.5 Å². The minimum atomic E-state index is -0.919. The molecule has 0 fully saturated rings. The molecule has 0 aliphatic rings. The number of rotatable bonds is 6. The molecule has 3 rings (SSSR count). The molecule has 0 bridgehead atoms. The van der Waals surface area contributed by atoms with Crippen molar-refractivity contribution in [1.29, 1.82) is 0 Å². The summed E-state index contributed by atoms with van der Waals surface area (Å²) in [6.07, 6.45) is 0. The number of carbonyl (C=O) groups excluding carboxylic acids is 2. The van der Waals surface area contributed by atoms with E-state index in [1.165, 1.54) is 6.07 Å². The Kier molecular flexibility index (Phi) is 6.41. The third-order valence-corrected chi connectivity index (χ3v) is 4.58. The lowest BCUT2D eigenvalue weighted by molar-refractivity contribution is -0.119. The Morgan fingerprint density at radius 1 is 0.867 bits per heavy atom. The van der Waals surface area contributed by atoms with Crippen molar-refractivity contribution < 1.29 is 23.1 Å². The van der Waals surface area contributed by atoms with E-state index in [0.29, 0.717) is 5.69 Å². The number of hydrogen-bond donors (Lipinski definition) is 2. The number of amides is 1. The van der Waals surface area contributed by atoms with Crippen LogP contribution in [0.4, 0.5) is 25.8 Å². The van der Waals surface area contributed by atoms with Gasteiger partial charge < -0.3 is 15.4 Å². The second-order valence-electron chi connectivity index (χ2n) is 6.64. The highest BCUT2D eigenvalue weighted by molar-refractivity contribution is 5.99. The van der Waals surface area contributed by atoms with E-state index in [0.717, 1.165) is 28.9 Å². The monoisotopic (exact) mass is 410 g/mol. The summed E-state index contributed by atoms with van der Waals surface area (Å²) in [6, 6.07) is 15.7. The molecule has 0 aliphatic carbocycles. The van der Waals surface area contributed by atoms with Crippen molar-refractivity contribution in [2.24, 2.45) is 0 Å². The van der Waals surface area contributed by atoms with Crippen LogP contribution in [-0.4, -0.2) is 18.5 Å². The van der Waals surface area contributed by atoms with Crippen molar-refractivity contribution in [1.82, 2.24) is 0 Å². The predicted molar refractivity (Wildman–Crippen MR) is 111 cm³/mol. The number of anilines is 3. The predicted octanol–water partition coefficient (Wildman–Crippen LogP) is 5.12. The SMILES string of the molecule is Cc1cccc(Nc2ccccc2C(=O)OCC(=O)Nc2c(F)cccc2F)c1C. The summed E-state index contributed by atoms with van der Waals surface area (Å²) in [5, 5.41) is 5.28. The van der Waals surface area contributed by atoms with Gasteiger partial charge in [-0.3, -0.25) is 4.79 Å². The number of aryl methyl sites for hydroxylation is 1. The number of halogens is 2. The molecule has 0 atom stereocenters. The third kappa shape index (κ3) is 4.81. The van der Waals surface area contributed by atoms with E-state index in [9.17, 15) is 18.4 Å². The summed E-state index contributed by atoms with van der Waals surface area (Å²) in [5.41, 5.74) is 3.11. The zero-order valence-electron chi connectivity index (χ0n) is 16.5. The van der Waals surface area contributed by atoms with Crippen molar-refractivity contribution in [3.8, 4) is 0 Å². The molecule has 0 aliphatic heterocycles. The van der Waals surface area contributed by atoms with E-state index < -0.39 is 35.8 Å². The van der Waals surface area contributed by atoms with Gasteiger partial charge in [-0.05, 0) is 55.3 Å². The Hall–Kier alpha value is -3.74. The van der Waals surface area contributed by atoms with Gasteiger partial charge in [-0.2, -0.15) is 0 Å². The van der Waals surface area contributed by atoms with Gasteiger partial charge in [-0.1, -0.05) is 30.3 Å². The number of para-hydroxylation sites is 2. The first kappa shape index (κ1) is 21.0. The number of benzene rings is 3. The van der Waals surface area contributed by atoms with Crippen molar-refractivity contribution >= 4 is 28.9 Å². The van der Waals surface area contributed by atoms with E-state index in [2.05, 4.69) is 10.6 Å². The lowest BCUT2D eigenvalue weighted by Gasteiger charge is -2.14. The van der Waals surface area contributed by atoms with Gasteiger partial charge in [0.1, 0.15) is 17.3 Å². The van der Waals surface area contributed by atoms with Gasteiger partial charge in [0.15, 0.2) is 6.61 Å². The molecular formula is C23H20F2N2O3. The number of esters is 1. The second kappa shape index (κ2) is 9.17. The molecule has 0 saturated carbocycles. The largest absolute Gasteiger partial charge is 0.452 e. The van der Waals surface area contributed by atoms with Gasteiger partial charge in [-0.15, -0.1) is 0 Å². The Morgan fingerprint density at radius 3 is 2.23 bits per heavy atom. The highest BCUT2D eigenvalue weighted by atomic mass is 19.1. The van der Waals surface area contributed by atoms with Gasteiger partial charge in [0.05, 0.1) is 11.3 Å². The van der Waals surface area contributed by atoms with Gasteiger partial charge in [-0.25, -0.2) is 13.6 Å². The maximum Gasteiger partial charge on any atom is 0.340 e. The molecule has 0 heterocycles. The normalized spacial score (nSPS) is 10.4. The summed E-state index contributed by atoms with van der Waals surface area (Å²) < 4.78 is 32.3. The molecule has 0 radical (unpaired) electrons. The zero-order valence-corrected chi connectivity index (χ0v) is 16.5. The first-order chi connectivity index (χ1) is 14.4. The lowest BCUT2D eigenvalue weighted by Crippen LogP contribution is -2.22. The second-order valence-corrected chi connectivity index (χ2v) is 6.64. The van der Waals surface area contributed by atoms with Crippen LogP contribution < -0.4 is 10.6 Å². The molecule has 0 saturated heterocycles. The molecule has 0 spiro atoms. The Balaban J connectivity index is 1.69. The summed E-state index contributed by atoms with van der Waals surface area (Å²) in [7, 11) is 0. The van der Waals surface area contributed by atoms with E-state index in [1.807, 2.05) is 32.0 Å². The molecular weight excluding hydrogens is 390 g/mol. The fourth-order valence-corrected chi connectivity index (χ4v) is 2.80. The van der Waals surface area contributed by atoms with Crippen LogP contribution in [-0.2, 0) is 9.53 Å². The molecule has 3 aromatic carbocycles. The summed E-state index contributed by atoms with van der Waals surface area (Å²) in [4.78, 5) is 24.5. The molecule has 30 heavy (non-hydrogen) atoms. The molecule has 7 heteroatoms. The first-order valence-electron chi connectivity index (χ1n) is 9.20. The molecule has 3 aromatic rings. The molecule has 154 valence electrons. The van der Waals surface area contributed by atoms with Crippen LogP contribution in [0.5, 0.6) is 0 Å².